The third-order valence-corrected chi connectivity index (χ3v) is 15.7. The average molecular weight is 1240 g/mol. The quantitative estimate of drug-likeness (QED) is 0.0195. The molecule has 11 nitrogen and oxygen atoms in total. The normalized spacial score (nSPS) is 19.0. The monoisotopic (exact) mass is 1240 g/mol. The van der Waals surface area contributed by atoms with Gasteiger partial charge < -0.3 is 45.1 Å². The number of unbranched alkanes of at least 4 members (excludes halogenated alkanes) is 23. The summed E-state index contributed by atoms with van der Waals surface area (Å²) in [4.78, 5) is 26.7. The highest BCUT2D eigenvalue weighted by molar-refractivity contribution is 5.80. The number of esters is 1. The van der Waals surface area contributed by atoms with E-state index in [0.29, 0.717) is 12.8 Å². The van der Waals surface area contributed by atoms with Crippen molar-refractivity contribution in [2.75, 3.05) is 13.2 Å². The van der Waals surface area contributed by atoms with Crippen LogP contribution in [0.5, 0.6) is 0 Å². The van der Waals surface area contributed by atoms with Crippen molar-refractivity contribution >= 4 is 11.9 Å². The summed E-state index contributed by atoms with van der Waals surface area (Å²) in [5.74, 6) is -1.23. The van der Waals surface area contributed by atoms with E-state index in [1.54, 1.807) is 6.08 Å². The third-order valence-electron chi connectivity index (χ3n) is 15.7. The van der Waals surface area contributed by atoms with Gasteiger partial charge in [-0.05, 0) is 122 Å². The van der Waals surface area contributed by atoms with E-state index in [2.05, 4.69) is 160 Å². The minimum absolute atomic E-state index is 0.104. The molecule has 1 amide bonds. The fraction of sp³-hybridized carbons (Fsp3) is 0.667. The summed E-state index contributed by atoms with van der Waals surface area (Å²) in [7, 11) is 0. The fourth-order valence-corrected chi connectivity index (χ4v) is 10.2. The molecule has 11 heteroatoms. The van der Waals surface area contributed by atoms with E-state index < -0.39 is 67.4 Å². The Morgan fingerprint density at radius 2 is 0.809 bits per heavy atom. The van der Waals surface area contributed by atoms with Crippen molar-refractivity contribution < 1.29 is 49.3 Å². The highest BCUT2D eigenvalue weighted by Gasteiger charge is 2.47. The van der Waals surface area contributed by atoms with E-state index in [-0.39, 0.29) is 19.4 Å². The molecule has 0 bridgehead atoms. The zero-order chi connectivity index (χ0) is 64.6. The summed E-state index contributed by atoms with van der Waals surface area (Å²) in [6, 6.07) is -1.05. The zero-order valence-corrected chi connectivity index (χ0v) is 56.2. The molecule has 0 aromatic carbocycles. The molecule has 0 saturated carbocycles. The van der Waals surface area contributed by atoms with Gasteiger partial charge in [-0.3, -0.25) is 9.59 Å². The number of nitrogens with one attached hydrogen (secondary N) is 1. The Kier molecular flexibility index (Phi) is 59.1. The number of hydrogen-bond donors (Lipinski definition) is 6. The van der Waals surface area contributed by atoms with Crippen LogP contribution in [-0.2, 0) is 23.8 Å². The van der Waals surface area contributed by atoms with E-state index in [4.69, 9.17) is 14.2 Å². The minimum Gasteiger partial charge on any atom is -0.454 e. The van der Waals surface area contributed by atoms with Gasteiger partial charge in [-0.15, -0.1) is 0 Å². The van der Waals surface area contributed by atoms with Gasteiger partial charge in [0.1, 0.15) is 24.4 Å². The van der Waals surface area contributed by atoms with Gasteiger partial charge in [0.15, 0.2) is 12.4 Å². The van der Waals surface area contributed by atoms with Crippen molar-refractivity contribution in [3.05, 3.63) is 146 Å². The van der Waals surface area contributed by atoms with Crippen molar-refractivity contribution in [1.29, 1.82) is 0 Å². The molecule has 0 aliphatic carbocycles. The van der Waals surface area contributed by atoms with Crippen molar-refractivity contribution in [3.63, 3.8) is 0 Å². The molecule has 8 atom stereocenters. The second-order valence-corrected chi connectivity index (χ2v) is 23.9. The Hall–Kier alpha value is -4.46. The summed E-state index contributed by atoms with van der Waals surface area (Å²) in [6.07, 6.45) is 81.6. The summed E-state index contributed by atoms with van der Waals surface area (Å²) in [5.41, 5.74) is 0. The second kappa shape index (κ2) is 63.7. The summed E-state index contributed by atoms with van der Waals surface area (Å²) in [5, 5.41) is 57.3. The molecule has 1 heterocycles. The third kappa shape index (κ3) is 50.8. The van der Waals surface area contributed by atoms with Crippen molar-refractivity contribution in [1.82, 2.24) is 5.32 Å². The standard InChI is InChI=1S/C78H129NO10/c1-4-7-10-13-16-19-22-25-27-29-31-33-35-36-37-39-41-43-45-48-51-54-57-60-63-66-73(83)89-76-75(85)74(84)72(67-80)88-78(76)87-68-69(70(81)64-61-58-55-52-49-46-24-21-18-15-12-9-6-3)79-77(86)71(82)65-62-59-56-53-50-47-44-42-40-38-34-32-30-28-26-23-20-17-14-11-8-5-2/h7-8,10-11,16-17,19-20,25-28,31-34,36-37,40,42,47,50,61,64,69-72,74-76,78,80-82,84-85H,4-6,9,12-15,18,21-24,29-30,35,38-39,41,43-46,48-49,51-60,62-63,65-68H2,1-3H3,(H,79,86)/b10-7-,11-8-,19-16-,20-17-,27-25-,28-26-,33-31-,34-32-,37-36-,42-40-,50-47-,64-61+. The molecule has 8 unspecified atom stereocenters. The van der Waals surface area contributed by atoms with Gasteiger partial charge in [-0.1, -0.05) is 289 Å². The molecule has 1 aliphatic rings. The number of carbonyl (C=O) groups is 2. The molecule has 0 radical (unpaired) electrons. The number of carbonyl (C=O) groups excluding carboxylic acids is 2. The number of aliphatic hydroxyl groups is 5. The molecular formula is C78H129NO10. The highest BCUT2D eigenvalue weighted by atomic mass is 16.7. The lowest BCUT2D eigenvalue weighted by Gasteiger charge is -2.41. The molecule has 1 saturated heterocycles. The number of amides is 1. The molecule has 0 aromatic heterocycles. The highest BCUT2D eigenvalue weighted by Crippen LogP contribution is 2.26. The SMILES string of the molecule is CC/C=C\C/C=C\C/C=C\C/C=C\C/C=C\C/C=C\CCCCCC(O)C(=O)NC(COC1OC(CO)C(O)C(O)C1OC(=O)CCCCCCCCCCC/C=C\C/C=C\C/C=C\C/C=C\C/C=C\CC)C(O)/C=C/CCCCCCCCCCCCC. The number of aliphatic hydroxyl groups excluding tert-OH is 5. The van der Waals surface area contributed by atoms with E-state index in [0.717, 1.165) is 148 Å². The predicted octanol–water partition coefficient (Wildman–Crippen LogP) is 18.5. The fourth-order valence-electron chi connectivity index (χ4n) is 10.2. The first-order chi connectivity index (χ1) is 43.7. The Morgan fingerprint density at radius 1 is 0.449 bits per heavy atom. The van der Waals surface area contributed by atoms with Crippen LogP contribution in [0.25, 0.3) is 0 Å². The van der Waals surface area contributed by atoms with Gasteiger partial charge in [0.2, 0.25) is 5.91 Å². The summed E-state index contributed by atoms with van der Waals surface area (Å²) in [6.45, 7) is 5.55. The van der Waals surface area contributed by atoms with Gasteiger partial charge in [0, 0.05) is 6.42 Å². The molecule has 0 aromatic rings. The first kappa shape index (κ1) is 82.6. The van der Waals surface area contributed by atoms with Crippen molar-refractivity contribution in [2.45, 2.75) is 320 Å². The van der Waals surface area contributed by atoms with Crippen LogP contribution in [0, 0.1) is 0 Å². The number of allylic oxidation sites excluding steroid dienone is 23. The van der Waals surface area contributed by atoms with Gasteiger partial charge in [0.05, 0.1) is 25.4 Å². The van der Waals surface area contributed by atoms with Crippen LogP contribution in [-0.4, -0.2) is 99.6 Å². The van der Waals surface area contributed by atoms with Crippen LogP contribution in [0.2, 0.25) is 0 Å². The largest absolute Gasteiger partial charge is 0.454 e. The van der Waals surface area contributed by atoms with Crippen molar-refractivity contribution in [3.8, 4) is 0 Å². The van der Waals surface area contributed by atoms with Gasteiger partial charge in [-0.25, -0.2) is 0 Å². The summed E-state index contributed by atoms with van der Waals surface area (Å²) < 4.78 is 17.7. The topological polar surface area (TPSA) is 175 Å². The Bertz CT molecular complexity index is 2010. The first-order valence-electron chi connectivity index (χ1n) is 35.6. The molecule has 506 valence electrons. The Morgan fingerprint density at radius 3 is 1.21 bits per heavy atom. The first-order valence-corrected chi connectivity index (χ1v) is 35.6. The number of hydrogen-bond acceptors (Lipinski definition) is 10. The lowest BCUT2D eigenvalue weighted by atomic mass is 9.99. The second-order valence-electron chi connectivity index (χ2n) is 23.9. The molecule has 0 spiro atoms. The molecule has 89 heavy (non-hydrogen) atoms. The lowest BCUT2D eigenvalue weighted by Crippen LogP contribution is -2.61. The van der Waals surface area contributed by atoms with Crippen LogP contribution in [0.15, 0.2) is 146 Å². The molecule has 1 fully saturated rings. The maximum absolute atomic E-state index is 13.5. The Labute approximate surface area is 543 Å². The van der Waals surface area contributed by atoms with E-state index in [9.17, 15) is 35.1 Å². The van der Waals surface area contributed by atoms with Gasteiger partial charge in [-0.2, -0.15) is 0 Å². The molecule has 1 rings (SSSR count). The Balaban J connectivity index is 2.63. The van der Waals surface area contributed by atoms with Crippen molar-refractivity contribution in [2.24, 2.45) is 0 Å². The van der Waals surface area contributed by atoms with Crippen LogP contribution in [0.3, 0.4) is 0 Å². The smallest absolute Gasteiger partial charge is 0.306 e. The molecule has 6 N–H and O–H groups in total. The molecule has 1 aliphatic heterocycles. The lowest BCUT2D eigenvalue weighted by molar-refractivity contribution is -0.305. The van der Waals surface area contributed by atoms with Crippen LogP contribution in [0.4, 0.5) is 0 Å². The zero-order valence-electron chi connectivity index (χ0n) is 56.2. The predicted molar refractivity (Wildman–Crippen MR) is 374 cm³/mol. The average Bonchev–Trinajstić information content (AvgIpc) is 3.11. The molecular weight excluding hydrogens is 1110 g/mol. The summed E-state index contributed by atoms with van der Waals surface area (Å²) >= 11 is 0. The number of ether oxygens (including phenoxy) is 3. The van der Waals surface area contributed by atoms with Gasteiger partial charge >= 0.3 is 5.97 Å². The minimum atomic E-state index is -1.63. The maximum Gasteiger partial charge on any atom is 0.306 e. The van der Waals surface area contributed by atoms with Crippen LogP contribution in [0.1, 0.15) is 271 Å². The van der Waals surface area contributed by atoms with E-state index in [1.165, 1.54) is 77.0 Å². The van der Waals surface area contributed by atoms with E-state index >= 15 is 0 Å². The maximum atomic E-state index is 13.5. The van der Waals surface area contributed by atoms with Gasteiger partial charge in [0.25, 0.3) is 0 Å². The van der Waals surface area contributed by atoms with Crippen LogP contribution >= 0.6 is 0 Å². The number of rotatable bonds is 59. The van der Waals surface area contributed by atoms with Crippen LogP contribution < -0.4 is 5.32 Å². The van der Waals surface area contributed by atoms with E-state index in [1.807, 2.05) is 6.08 Å².